The lowest BCUT2D eigenvalue weighted by atomic mass is 9.96. The molecule has 1 aliphatic heterocycles. The van der Waals surface area contributed by atoms with Crippen molar-refractivity contribution in [2.75, 3.05) is 25.5 Å². The highest BCUT2D eigenvalue weighted by atomic mass is 35.5. The minimum atomic E-state index is -0.343. The number of anilines is 1. The van der Waals surface area contributed by atoms with Crippen molar-refractivity contribution in [3.8, 4) is 5.69 Å². The summed E-state index contributed by atoms with van der Waals surface area (Å²) in [7, 11) is 1.83. The lowest BCUT2D eigenvalue weighted by Gasteiger charge is -2.29. The van der Waals surface area contributed by atoms with Crippen LogP contribution in [0.2, 0.25) is 5.02 Å². The molecule has 2 heterocycles. The van der Waals surface area contributed by atoms with Gasteiger partial charge in [0.25, 0.3) is 5.56 Å². The molecule has 0 spiro atoms. The van der Waals surface area contributed by atoms with Crippen LogP contribution < -0.4 is 10.9 Å². The standard InChI is InChI=1S/C22H27ClN4O2/c1-26-11-10-15(12-20(26)28)13-24-19-14-25-27(22(29)21(19)23)18-8-6-17(7-9-18)16-4-2-3-5-16/h6-9,14-16,24H,2-5,10-13H2,1H3. The van der Waals surface area contributed by atoms with Crippen LogP contribution in [0, 0.1) is 5.92 Å². The summed E-state index contributed by atoms with van der Waals surface area (Å²) in [6, 6.07) is 8.07. The smallest absolute Gasteiger partial charge is 0.292 e. The van der Waals surface area contributed by atoms with E-state index in [-0.39, 0.29) is 22.4 Å². The van der Waals surface area contributed by atoms with E-state index in [1.165, 1.54) is 35.9 Å². The van der Waals surface area contributed by atoms with Gasteiger partial charge in [-0.25, -0.2) is 0 Å². The van der Waals surface area contributed by atoms with Gasteiger partial charge in [0.15, 0.2) is 0 Å². The van der Waals surface area contributed by atoms with E-state index in [0.29, 0.717) is 30.3 Å². The molecule has 1 saturated carbocycles. The van der Waals surface area contributed by atoms with E-state index < -0.39 is 0 Å². The van der Waals surface area contributed by atoms with E-state index in [4.69, 9.17) is 11.6 Å². The van der Waals surface area contributed by atoms with Crippen LogP contribution in [0.4, 0.5) is 5.69 Å². The number of carbonyl (C=O) groups excluding carboxylic acids is 1. The zero-order valence-electron chi connectivity index (χ0n) is 16.7. The summed E-state index contributed by atoms with van der Waals surface area (Å²) >= 11 is 6.34. The molecule has 1 amide bonds. The minimum Gasteiger partial charge on any atom is -0.382 e. The maximum atomic E-state index is 12.7. The highest BCUT2D eigenvalue weighted by Gasteiger charge is 2.23. The molecule has 0 bridgehead atoms. The van der Waals surface area contributed by atoms with E-state index in [1.54, 1.807) is 11.1 Å². The number of hydrogen-bond acceptors (Lipinski definition) is 4. The van der Waals surface area contributed by atoms with E-state index in [1.807, 2.05) is 19.2 Å². The Hall–Kier alpha value is -2.34. The van der Waals surface area contributed by atoms with Crippen molar-refractivity contribution in [3.05, 3.63) is 51.4 Å². The van der Waals surface area contributed by atoms with E-state index in [2.05, 4.69) is 22.5 Å². The van der Waals surface area contributed by atoms with Crippen LogP contribution in [0.25, 0.3) is 5.69 Å². The lowest BCUT2D eigenvalue weighted by molar-refractivity contribution is -0.133. The van der Waals surface area contributed by atoms with Gasteiger partial charge in [-0.2, -0.15) is 9.78 Å². The van der Waals surface area contributed by atoms with Crippen molar-refractivity contribution in [1.82, 2.24) is 14.7 Å². The fourth-order valence-electron chi connectivity index (χ4n) is 4.32. The first-order valence-electron chi connectivity index (χ1n) is 10.4. The normalized spacial score (nSPS) is 20.3. The summed E-state index contributed by atoms with van der Waals surface area (Å²) < 4.78 is 1.34. The maximum Gasteiger partial charge on any atom is 0.292 e. The van der Waals surface area contributed by atoms with Gasteiger partial charge in [-0.05, 0) is 48.8 Å². The molecule has 1 N–H and O–H groups in total. The number of amides is 1. The molecule has 29 heavy (non-hydrogen) atoms. The quantitative estimate of drug-likeness (QED) is 0.807. The monoisotopic (exact) mass is 414 g/mol. The molecule has 2 fully saturated rings. The van der Waals surface area contributed by atoms with Gasteiger partial charge in [0, 0.05) is 26.6 Å². The van der Waals surface area contributed by atoms with Crippen molar-refractivity contribution in [2.24, 2.45) is 5.92 Å². The Balaban J connectivity index is 1.45. The molecule has 6 nitrogen and oxygen atoms in total. The summed E-state index contributed by atoms with van der Waals surface area (Å²) in [4.78, 5) is 26.4. The largest absolute Gasteiger partial charge is 0.382 e. The fourth-order valence-corrected chi connectivity index (χ4v) is 4.52. The second-order valence-electron chi connectivity index (χ2n) is 8.22. The van der Waals surface area contributed by atoms with Crippen molar-refractivity contribution < 1.29 is 4.79 Å². The average molecular weight is 415 g/mol. The molecule has 2 aromatic rings. The van der Waals surface area contributed by atoms with E-state index in [0.717, 1.165) is 13.0 Å². The highest BCUT2D eigenvalue weighted by Crippen LogP contribution is 2.34. The molecular weight excluding hydrogens is 388 g/mol. The Labute approximate surface area is 175 Å². The van der Waals surface area contributed by atoms with Crippen LogP contribution in [0.5, 0.6) is 0 Å². The van der Waals surface area contributed by atoms with Gasteiger partial charge in [-0.3, -0.25) is 9.59 Å². The first-order valence-corrected chi connectivity index (χ1v) is 10.8. The second-order valence-corrected chi connectivity index (χ2v) is 8.60. The Morgan fingerprint density at radius 1 is 1.14 bits per heavy atom. The van der Waals surface area contributed by atoms with Crippen LogP contribution in [0.1, 0.15) is 50.0 Å². The van der Waals surface area contributed by atoms with Gasteiger partial charge in [-0.15, -0.1) is 0 Å². The van der Waals surface area contributed by atoms with Crippen LogP contribution >= 0.6 is 11.6 Å². The molecule has 2 aliphatic rings. The van der Waals surface area contributed by atoms with Gasteiger partial charge in [0.05, 0.1) is 17.6 Å². The predicted molar refractivity (Wildman–Crippen MR) is 115 cm³/mol. The summed E-state index contributed by atoms with van der Waals surface area (Å²) in [6.07, 6.45) is 8.11. The van der Waals surface area contributed by atoms with Crippen LogP contribution in [0.15, 0.2) is 35.3 Å². The van der Waals surface area contributed by atoms with E-state index in [9.17, 15) is 9.59 Å². The molecule has 1 aromatic heterocycles. The molecule has 1 saturated heterocycles. The predicted octanol–water partition coefficient (Wildman–Crippen LogP) is 3.82. The number of nitrogens with zero attached hydrogens (tertiary/aromatic N) is 3. The second kappa shape index (κ2) is 8.57. The molecule has 0 radical (unpaired) electrons. The van der Waals surface area contributed by atoms with Crippen molar-refractivity contribution in [1.29, 1.82) is 0 Å². The Bertz CT molecular complexity index is 935. The summed E-state index contributed by atoms with van der Waals surface area (Å²) in [5.74, 6) is 1.03. The van der Waals surface area contributed by atoms with Gasteiger partial charge in [-0.1, -0.05) is 36.6 Å². The summed E-state index contributed by atoms with van der Waals surface area (Å²) in [5, 5.41) is 7.64. The van der Waals surface area contributed by atoms with Gasteiger partial charge in [0.1, 0.15) is 5.02 Å². The first-order chi connectivity index (χ1) is 14.0. The van der Waals surface area contributed by atoms with Gasteiger partial charge in [0.2, 0.25) is 5.91 Å². The zero-order valence-corrected chi connectivity index (χ0v) is 17.5. The lowest BCUT2D eigenvalue weighted by Crippen LogP contribution is -2.37. The molecule has 1 atom stereocenters. The number of nitrogens with one attached hydrogen (secondary N) is 1. The third-order valence-electron chi connectivity index (χ3n) is 6.23. The number of rotatable bonds is 5. The Kier molecular flexibility index (Phi) is 5.90. The van der Waals surface area contributed by atoms with Crippen LogP contribution in [0.3, 0.4) is 0 Å². The minimum absolute atomic E-state index is 0.124. The molecule has 7 heteroatoms. The van der Waals surface area contributed by atoms with Crippen LogP contribution in [-0.2, 0) is 4.79 Å². The fraction of sp³-hybridized carbons (Fsp3) is 0.500. The van der Waals surface area contributed by atoms with Crippen molar-refractivity contribution in [2.45, 2.75) is 44.4 Å². The maximum absolute atomic E-state index is 12.7. The van der Waals surface area contributed by atoms with Gasteiger partial charge < -0.3 is 10.2 Å². The van der Waals surface area contributed by atoms with Gasteiger partial charge >= 0.3 is 0 Å². The number of piperidine rings is 1. The van der Waals surface area contributed by atoms with Crippen molar-refractivity contribution in [3.63, 3.8) is 0 Å². The number of aromatic nitrogens is 2. The van der Waals surface area contributed by atoms with Crippen LogP contribution in [-0.4, -0.2) is 40.7 Å². The Morgan fingerprint density at radius 3 is 2.55 bits per heavy atom. The Morgan fingerprint density at radius 2 is 1.86 bits per heavy atom. The SMILES string of the molecule is CN1CCC(CNc2cnn(-c3ccc(C4CCCC4)cc3)c(=O)c2Cl)CC1=O. The third kappa shape index (κ3) is 4.32. The topological polar surface area (TPSA) is 67.2 Å². The van der Waals surface area contributed by atoms with E-state index >= 15 is 0 Å². The number of hydrogen-bond donors (Lipinski definition) is 1. The third-order valence-corrected chi connectivity index (χ3v) is 6.59. The molecule has 1 unspecified atom stereocenters. The number of carbonyl (C=O) groups is 1. The van der Waals surface area contributed by atoms with Crippen molar-refractivity contribution >= 4 is 23.2 Å². The zero-order chi connectivity index (χ0) is 20.4. The first kappa shape index (κ1) is 20.0. The number of benzene rings is 1. The molecular formula is C22H27ClN4O2. The molecule has 4 rings (SSSR count). The molecule has 154 valence electrons. The summed E-state index contributed by atoms with van der Waals surface area (Å²) in [5.41, 5.74) is 2.22. The highest BCUT2D eigenvalue weighted by molar-refractivity contribution is 6.32. The number of halogens is 1. The summed E-state index contributed by atoms with van der Waals surface area (Å²) in [6.45, 7) is 1.36. The molecule has 1 aliphatic carbocycles. The molecule has 1 aromatic carbocycles. The number of likely N-dealkylation sites (tertiary alicyclic amines) is 1. The average Bonchev–Trinajstić information content (AvgIpc) is 3.27.